The average Bonchev–Trinajstić information content (AvgIpc) is 3.01. The van der Waals surface area contributed by atoms with Gasteiger partial charge in [-0.15, -0.1) is 0 Å². The van der Waals surface area contributed by atoms with Crippen molar-refractivity contribution < 1.29 is 9.59 Å². The van der Waals surface area contributed by atoms with Crippen molar-refractivity contribution in [3.05, 3.63) is 29.3 Å². The van der Waals surface area contributed by atoms with Crippen molar-refractivity contribution in [1.29, 1.82) is 0 Å². The largest absolute Gasteiger partial charge is 0.384 e. The van der Waals surface area contributed by atoms with Crippen molar-refractivity contribution in [2.75, 3.05) is 38.0 Å². The van der Waals surface area contributed by atoms with E-state index in [1.54, 1.807) is 6.92 Å². The molecule has 118 valence electrons. The lowest BCUT2D eigenvalue weighted by Crippen LogP contribution is -2.52. The van der Waals surface area contributed by atoms with Crippen LogP contribution in [0.15, 0.2) is 18.2 Å². The maximum Gasteiger partial charge on any atom is 0.219 e. The molecule has 1 atom stereocenters. The second kappa shape index (κ2) is 6.08. The smallest absolute Gasteiger partial charge is 0.219 e. The zero-order chi connectivity index (χ0) is 15.7. The maximum atomic E-state index is 12.7. The summed E-state index contributed by atoms with van der Waals surface area (Å²) in [4.78, 5) is 28.1. The van der Waals surface area contributed by atoms with E-state index in [1.165, 1.54) is 5.56 Å². The summed E-state index contributed by atoms with van der Waals surface area (Å²) in [7, 11) is 0. The molecule has 1 amide bonds. The number of nitrogens with zero attached hydrogens (tertiary/aromatic N) is 2. The van der Waals surface area contributed by atoms with E-state index in [9.17, 15) is 9.59 Å². The molecule has 2 aliphatic heterocycles. The van der Waals surface area contributed by atoms with Gasteiger partial charge < -0.3 is 10.2 Å². The number of Topliss-reactive ketones (excluding diaryl/α,β-unsaturated/α-hetero) is 1. The second-order valence-corrected chi connectivity index (χ2v) is 6.13. The van der Waals surface area contributed by atoms with Crippen LogP contribution in [0.4, 0.5) is 5.69 Å². The van der Waals surface area contributed by atoms with Gasteiger partial charge in [0.15, 0.2) is 5.78 Å². The number of hydrogen-bond donors (Lipinski definition) is 1. The van der Waals surface area contributed by atoms with Crippen LogP contribution in [-0.2, 0) is 11.2 Å². The number of nitrogens with one attached hydrogen (secondary N) is 1. The lowest BCUT2D eigenvalue weighted by Gasteiger charge is -2.37. The molecule has 1 saturated heterocycles. The van der Waals surface area contributed by atoms with Gasteiger partial charge in [0.1, 0.15) is 0 Å². The molecular formula is C17H23N3O2. The molecule has 2 heterocycles. The van der Waals surface area contributed by atoms with Gasteiger partial charge in [0.25, 0.3) is 0 Å². The highest BCUT2D eigenvalue weighted by atomic mass is 16.2. The average molecular weight is 301 g/mol. The molecule has 1 fully saturated rings. The van der Waals surface area contributed by atoms with Crippen molar-refractivity contribution in [3.8, 4) is 0 Å². The summed E-state index contributed by atoms with van der Waals surface area (Å²) in [6, 6.07) is 5.82. The van der Waals surface area contributed by atoms with Crippen molar-refractivity contribution in [2.24, 2.45) is 0 Å². The highest BCUT2D eigenvalue weighted by Crippen LogP contribution is 2.24. The van der Waals surface area contributed by atoms with E-state index in [0.717, 1.165) is 37.3 Å². The van der Waals surface area contributed by atoms with Gasteiger partial charge in [-0.25, -0.2) is 0 Å². The van der Waals surface area contributed by atoms with Crippen LogP contribution in [0.5, 0.6) is 0 Å². The van der Waals surface area contributed by atoms with Crippen LogP contribution in [0, 0.1) is 0 Å². The van der Waals surface area contributed by atoms with Crippen LogP contribution < -0.4 is 5.32 Å². The maximum absolute atomic E-state index is 12.7. The molecule has 0 spiro atoms. The topological polar surface area (TPSA) is 52.7 Å². The van der Waals surface area contributed by atoms with E-state index in [-0.39, 0.29) is 17.7 Å². The van der Waals surface area contributed by atoms with Gasteiger partial charge in [-0.1, -0.05) is 0 Å². The number of hydrogen-bond acceptors (Lipinski definition) is 4. The van der Waals surface area contributed by atoms with Gasteiger partial charge in [-0.2, -0.15) is 0 Å². The first-order valence-electron chi connectivity index (χ1n) is 7.97. The predicted octanol–water partition coefficient (Wildman–Crippen LogP) is 1.39. The van der Waals surface area contributed by atoms with Gasteiger partial charge in [-0.3, -0.25) is 14.5 Å². The SMILES string of the molecule is CC(=O)N1CCN([C@H](C)C(=O)c2ccc3c(c2)CCN3)CC1. The Kier molecular flexibility index (Phi) is 4.16. The molecular weight excluding hydrogens is 278 g/mol. The van der Waals surface area contributed by atoms with Crippen LogP contribution in [0.3, 0.4) is 0 Å². The molecule has 0 radical (unpaired) electrons. The van der Waals surface area contributed by atoms with Crippen molar-refractivity contribution in [2.45, 2.75) is 26.3 Å². The standard InChI is InChI=1S/C17H23N3O2/c1-12(19-7-9-20(10-8-19)13(2)21)17(22)15-3-4-16-14(11-15)5-6-18-16/h3-4,11-12,18H,5-10H2,1-2H3/t12-/m1/s1. The lowest BCUT2D eigenvalue weighted by molar-refractivity contribution is -0.130. The molecule has 1 aromatic rings. The Bertz CT molecular complexity index is 592. The number of rotatable bonds is 3. The fraction of sp³-hybridized carbons (Fsp3) is 0.529. The van der Waals surface area contributed by atoms with E-state index in [2.05, 4.69) is 10.2 Å². The summed E-state index contributed by atoms with van der Waals surface area (Å²) in [5, 5.41) is 3.32. The molecule has 3 rings (SSSR count). The first kappa shape index (κ1) is 15.0. The zero-order valence-corrected chi connectivity index (χ0v) is 13.3. The van der Waals surface area contributed by atoms with Crippen molar-refractivity contribution in [3.63, 3.8) is 0 Å². The van der Waals surface area contributed by atoms with Crippen LogP contribution in [-0.4, -0.2) is 60.3 Å². The predicted molar refractivity (Wildman–Crippen MR) is 86.3 cm³/mol. The summed E-state index contributed by atoms with van der Waals surface area (Å²) in [5.41, 5.74) is 3.18. The monoisotopic (exact) mass is 301 g/mol. The summed E-state index contributed by atoms with van der Waals surface area (Å²) >= 11 is 0. The molecule has 0 bridgehead atoms. The summed E-state index contributed by atoms with van der Waals surface area (Å²) in [6.45, 7) is 7.47. The molecule has 1 aromatic carbocycles. The fourth-order valence-electron chi connectivity index (χ4n) is 3.29. The third-order valence-electron chi connectivity index (χ3n) is 4.79. The van der Waals surface area contributed by atoms with Gasteiger partial charge in [0.05, 0.1) is 6.04 Å². The normalized spacial score (nSPS) is 19.5. The Morgan fingerprint density at radius 1 is 1.18 bits per heavy atom. The third-order valence-corrected chi connectivity index (χ3v) is 4.79. The Balaban J connectivity index is 1.66. The van der Waals surface area contributed by atoms with Crippen molar-refractivity contribution in [1.82, 2.24) is 9.80 Å². The number of carbonyl (C=O) groups is 2. The third kappa shape index (κ3) is 2.86. The highest BCUT2D eigenvalue weighted by molar-refractivity contribution is 6.00. The minimum absolute atomic E-state index is 0.116. The fourth-order valence-corrected chi connectivity index (χ4v) is 3.29. The molecule has 22 heavy (non-hydrogen) atoms. The number of benzene rings is 1. The molecule has 1 N–H and O–H groups in total. The Morgan fingerprint density at radius 3 is 2.59 bits per heavy atom. The molecule has 5 nitrogen and oxygen atoms in total. The molecule has 0 aromatic heterocycles. The molecule has 0 saturated carbocycles. The van der Waals surface area contributed by atoms with Crippen LogP contribution in [0.2, 0.25) is 0 Å². The van der Waals surface area contributed by atoms with E-state index in [4.69, 9.17) is 0 Å². The van der Waals surface area contributed by atoms with E-state index < -0.39 is 0 Å². The Morgan fingerprint density at radius 2 is 1.91 bits per heavy atom. The zero-order valence-electron chi connectivity index (χ0n) is 13.3. The Hall–Kier alpha value is -1.88. The van der Waals surface area contributed by atoms with Crippen molar-refractivity contribution >= 4 is 17.4 Å². The number of carbonyl (C=O) groups excluding carboxylic acids is 2. The number of fused-ring (bicyclic) bond motifs is 1. The minimum Gasteiger partial charge on any atom is -0.384 e. The van der Waals surface area contributed by atoms with E-state index in [0.29, 0.717) is 13.1 Å². The van der Waals surface area contributed by atoms with Gasteiger partial charge in [-0.05, 0) is 37.1 Å². The molecule has 0 unspecified atom stereocenters. The quantitative estimate of drug-likeness (QED) is 0.857. The molecule has 5 heteroatoms. The first-order chi connectivity index (χ1) is 10.6. The molecule has 2 aliphatic rings. The second-order valence-electron chi connectivity index (χ2n) is 6.13. The number of anilines is 1. The van der Waals surface area contributed by atoms with Crippen LogP contribution >= 0.6 is 0 Å². The highest BCUT2D eigenvalue weighted by Gasteiger charge is 2.27. The number of amides is 1. The van der Waals surface area contributed by atoms with E-state index in [1.807, 2.05) is 30.0 Å². The molecule has 0 aliphatic carbocycles. The van der Waals surface area contributed by atoms with Crippen LogP contribution in [0.25, 0.3) is 0 Å². The van der Waals surface area contributed by atoms with Crippen LogP contribution in [0.1, 0.15) is 29.8 Å². The van der Waals surface area contributed by atoms with Gasteiger partial charge >= 0.3 is 0 Å². The lowest BCUT2D eigenvalue weighted by atomic mass is 10.00. The van der Waals surface area contributed by atoms with E-state index >= 15 is 0 Å². The Labute approximate surface area is 131 Å². The number of ketones is 1. The first-order valence-corrected chi connectivity index (χ1v) is 7.97. The summed E-state index contributed by atoms with van der Waals surface area (Å²) in [5.74, 6) is 0.288. The van der Waals surface area contributed by atoms with Gasteiger partial charge in [0.2, 0.25) is 5.91 Å². The minimum atomic E-state index is -0.137. The summed E-state index contributed by atoms with van der Waals surface area (Å²) in [6.07, 6.45) is 0.988. The van der Waals surface area contributed by atoms with Gasteiger partial charge in [0, 0.05) is 50.9 Å². The number of piperazine rings is 1. The summed E-state index contributed by atoms with van der Waals surface area (Å²) < 4.78 is 0.